The molecule has 2 amide bonds. The van der Waals surface area contributed by atoms with Gasteiger partial charge in [0.25, 0.3) is 0 Å². The fourth-order valence-electron chi connectivity index (χ4n) is 3.23. The highest BCUT2D eigenvalue weighted by atomic mass is 16.2. The van der Waals surface area contributed by atoms with Crippen molar-refractivity contribution in [2.45, 2.75) is 39.7 Å². The van der Waals surface area contributed by atoms with E-state index in [9.17, 15) is 9.59 Å². The van der Waals surface area contributed by atoms with Gasteiger partial charge >= 0.3 is 0 Å². The van der Waals surface area contributed by atoms with E-state index in [0.717, 1.165) is 28.7 Å². The van der Waals surface area contributed by atoms with E-state index in [2.05, 4.69) is 11.4 Å². The van der Waals surface area contributed by atoms with Crippen molar-refractivity contribution in [2.75, 3.05) is 13.6 Å². The van der Waals surface area contributed by atoms with Gasteiger partial charge in [-0.2, -0.15) is 0 Å². The first kappa shape index (κ1) is 19.7. The van der Waals surface area contributed by atoms with Gasteiger partial charge in [-0.3, -0.25) is 9.59 Å². The van der Waals surface area contributed by atoms with Crippen LogP contribution in [0.3, 0.4) is 0 Å². The first-order valence-corrected chi connectivity index (χ1v) is 9.03. The first-order chi connectivity index (χ1) is 12.4. The van der Waals surface area contributed by atoms with Crippen LogP contribution >= 0.6 is 0 Å². The third-order valence-corrected chi connectivity index (χ3v) is 4.53. The second-order valence-corrected chi connectivity index (χ2v) is 6.79. The molecule has 0 aliphatic carbocycles. The minimum absolute atomic E-state index is 0.0259. The average Bonchev–Trinajstić information content (AvgIpc) is 2.61. The van der Waals surface area contributed by atoms with Crippen molar-refractivity contribution < 1.29 is 9.59 Å². The molecule has 0 heterocycles. The summed E-state index contributed by atoms with van der Waals surface area (Å²) in [5, 5.41) is 2.65. The maximum atomic E-state index is 13.0. The number of nitrogens with zero attached hydrogens (tertiary/aromatic N) is 1. The number of carbonyl (C=O) groups excluding carboxylic acids is 2. The van der Waals surface area contributed by atoms with Crippen molar-refractivity contribution >= 4 is 11.8 Å². The molecule has 0 aliphatic rings. The maximum Gasteiger partial charge on any atom is 0.242 e. The van der Waals surface area contributed by atoms with Gasteiger partial charge in [0.15, 0.2) is 0 Å². The molecule has 26 heavy (non-hydrogen) atoms. The minimum atomic E-state index is -0.498. The molecule has 2 aromatic carbocycles. The van der Waals surface area contributed by atoms with E-state index in [1.165, 1.54) is 0 Å². The Morgan fingerprint density at radius 3 is 2.19 bits per heavy atom. The second kappa shape index (κ2) is 9.18. The van der Waals surface area contributed by atoms with E-state index in [0.29, 0.717) is 13.0 Å². The van der Waals surface area contributed by atoms with Crippen molar-refractivity contribution in [2.24, 2.45) is 0 Å². The quantitative estimate of drug-likeness (QED) is 0.833. The molecule has 0 aliphatic heterocycles. The van der Waals surface area contributed by atoms with E-state index in [-0.39, 0.29) is 11.8 Å². The van der Waals surface area contributed by atoms with E-state index in [4.69, 9.17) is 0 Å². The summed E-state index contributed by atoms with van der Waals surface area (Å²) in [5.41, 5.74) is 4.42. The molecule has 0 radical (unpaired) electrons. The summed E-state index contributed by atoms with van der Waals surface area (Å²) in [4.78, 5) is 26.8. The zero-order valence-corrected chi connectivity index (χ0v) is 16.1. The highest BCUT2D eigenvalue weighted by Crippen LogP contribution is 2.13. The molecule has 4 nitrogen and oxygen atoms in total. The minimum Gasteiger partial charge on any atom is -0.357 e. The standard InChI is InChI=1S/C22H28N2O2/c1-16-12-17(2)14-20(13-16)15-21(25)24(18(3)22(26)23-4)11-10-19-8-6-5-7-9-19/h5-9,12-14,18H,10-11,15H2,1-4H3,(H,23,26)/t18-/m1/s1. The number of likely N-dealkylation sites (N-methyl/N-ethyl adjacent to an activating group) is 1. The fraction of sp³-hybridized carbons (Fsp3) is 0.364. The Labute approximate surface area is 156 Å². The molecule has 138 valence electrons. The first-order valence-electron chi connectivity index (χ1n) is 9.03. The second-order valence-electron chi connectivity index (χ2n) is 6.79. The summed E-state index contributed by atoms with van der Waals surface area (Å²) in [7, 11) is 1.60. The lowest BCUT2D eigenvalue weighted by Gasteiger charge is -2.28. The lowest BCUT2D eigenvalue weighted by Crippen LogP contribution is -2.48. The van der Waals surface area contributed by atoms with Crippen LogP contribution < -0.4 is 5.32 Å². The smallest absolute Gasteiger partial charge is 0.242 e. The zero-order chi connectivity index (χ0) is 19.1. The van der Waals surface area contributed by atoms with Crippen LogP contribution in [0.2, 0.25) is 0 Å². The van der Waals surface area contributed by atoms with Crippen molar-refractivity contribution in [3.8, 4) is 0 Å². The van der Waals surface area contributed by atoms with Gasteiger partial charge in [-0.25, -0.2) is 0 Å². The summed E-state index contributed by atoms with van der Waals surface area (Å²) in [6.07, 6.45) is 1.03. The number of amides is 2. The molecule has 0 aromatic heterocycles. The zero-order valence-electron chi connectivity index (χ0n) is 16.1. The summed E-state index contributed by atoms with van der Waals surface area (Å²) in [6, 6.07) is 15.7. The molecule has 0 fully saturated rings. The number of hydrogen-bond acceptors (Lipinski definition) is 2. The highest BCUT2D eigenvalue weighted by molar-refractivity contribution is 5.88. The summed E-state index contributed by atoms with van der Waals surface area (Å²) < 4.78 is 0. The summed E-state index contributed by atoms with van der Waals surface area (Å²) in [5.74, 6) is -0.172. The molecule has 0 saturated heterocycles. The van der Waals surface area contributed by atoms with Crippen LogP contribution in [-0.4, -0.2) is 36.3 Å². The van der Waals surface area contributed by atoms with Gasteiger partial charge in [0.05, 0.1) is 6.42 Å². The molecule has 2 aromatic rings. The molecular formula is C22H28N2O2. The van der Waals surface area contributed by atoms with Gasteiger partial charge in [0.1, 0.15) is 6.04 Å². The number of aryl methyl sites for hydroxylation is 2. The molecule has 1 N–H and O–H groups in total. The van der Waals surface area contributed by atoms with Crippen molar-refractivity contribution in [3.63, 3.8) is 0 Å². The highest BCUT2D eigenvalue weighted by Gasteiger charge is 2.25. The maximum absolute atomic E-state index is 13.0. The Bertz CT molecular complexity index is 736. The van der Waals surface area contributed by atoms with Crippen LogP contribution in [0.25, 0.3) is 0 Å². The normalized spacial score (nSPS) is 11.7. The topological polar surface area (TPSA) is 49.4 Å². The lowest BCUT2D eigenvalue weighted by molar-refractivity contribution is -0.139. The largest absolute Gasteiger partial charge is 0.357 e. The summed E-state index contributed by atoms with van der Waals surface area (Å²) in [6.45, 7) is 6.36. The Kier molecular flexibility index (Phi) is 6.96. The SMILES string of the molecule is CNC(=O)[C@@H](C)N(CCc1ccccc1)C(=O)Cc1cc(C)cc(C)c1. The van der Waals surface area contributed by atoms with E-state index in [1.807, 2.05) is 56.3 Å². The Morgan fingerprint density at radius 2 is 1.62 bits per heavy atom. The van der Waals surface area contributed by atoms with Crippen molar-refractivity contribution in [3.05, 3.63) is 70.8 Å². The van der Waals surface area contributed by atoms with Gasteiger partial charge in [0.2, 0.25) is 11.8 Å². The molecule has 0 spiro atoms. The Hall–Kier alpha value is -2.62. The van der Waals surface area contributed by atoms with Crippen LogP contribution in [0, 0.1) is 13.8 Å². The molecule has 1 atom stereocenters. The third-order valence-electron chi connectivity index (χ3n) is 4.53. The van der Waals surface area contributed by atoms with Crippen molar-refractivity contribution in [1.82, 2.24) is 10.2 Å². The number of benzene rings is 2. The number of carbonyl (C=O) groups is 2. The molecule has 0 saturated carbocycles. The molecule has 0 unspecified atom stereocenters. The van der Waals surface area contributed by atoms with E-state index < -0.39 is 6.04 Å². The summed E-state index contributed by atoms with van der Waals surface area (Å²) >= 11 is 0. The van der Waals surface area contributed by atoms with Crippen LogP contribution in [0.4, 0.5) is 0 Å². The molecule has 4 heteroatoms. The molecule has 2 rings (SSSR count). The van der Waals surface area contributed by atoms with Gasteiger partial charge in [-0.05, 0) is 38.3 Å². The molecule has 0 bridgehead atoms. The third kappa shape index (κ3) is 5.45. The van der Waals surface area contributed by atoms with Crippen LogP contribution in [0.15, 0.2) is 48.5 Å². The lowest BCUT2D eigenvalue weighted by atomic mass is 10.0. The Balaban J connectivity index is 2.15. The van der Waals surface area contributed by atoms with Gasteiger partial charge in [-0.1, -0.05) is 59.7 Å². The van der Waals surface area contributed by atoms with Gasteiger partial charge < -0.3 is 10.2 Å². The fourth-order valence-corrected chi connectivity index (χ4v) is 3.23. The van der Waals surface area contributed by atoms with Crippen LogP contribution in [-0.2, 0) is 22.4 Å². The number of rotatable bonds is 7. The van der Waals surface area contributed by atoms with E-state index >= 15 is 0 Å². The van der Waals surface area contributed by atoms with Crippen LogP contribution in [0.1, 0.15) is 29.2 Å². The molecular weight excluding hydrogens is 324 g/mol. The van der Waals surface area contributed by atoms with E-state index in [1.54, 1.807) is 18.9 Å². The average molecular weight is 352 g/mol. The van der Waals surface area contributed by atoms with Gasteiger partial charge in [0, 0.05) is 13.6 Å². The predicted molar refractivity (Wildman–Crippen MR) is 105 cm³/mol. The predicted octanol–water partition coefficient (Wildman–Crippen LogP) is 3.05. The number of nitrogens with one attached hydrogen (secondary N) is 1. The van der Waals surface area contributed by atoms with Crippen molar-refractivity contribution in [1.29, 1.82) is 0 Å². The number of hydrogen-bond donors (Lipinski definition) is 1. The Morgan fingerprint density at radius 1 is 1.00 bits per heavy atom. The van der Waals surface area contributed by atoms with Gasteiger partial charge in [-0.15, -0.1) is 0 Å². The monoisotopic (exact) mass is 352 g/mol. The van der Waals surface area contributed by atoms with Crippen LogP contribution in [0.5, 0.6) is 0 Å².